The van der Waals surface area contributed by atoms with Crippen molar-refractivity contribution in [1.82, 2.24) is 5.32 Å². The summed E-state index contributed by atoms with van der Waals surface area (Å²) in [5.74, 6) is 2.59. The summed E-state index contributed by atoms with van der Waals surface area (Å²) >= 11 is 0. The van der Waals surface area contributed by atoms with Crippen LogP contribution in [0.3, 0.4) is 0 Å². The lowest BCUT2D eigenvalue weighted by Gasteiger charge is -2.02. The van der Waals surface area contributed by atoms with Crippen LogP contribution in [0.1, 0.15) is 22.8 Å². The first kappa shape index (κ1) is 13.4. The van der Waals surface area contributed by atoms with E-state index in [0.29, 0.717) is 0 Å². The van der Waals surface area contributed by atoms with E-state index in [9.17, 15) is 19.8 Å². The second-order valence-electron chi connectivity index (χ2n) is 3.41. The SMILES string of the molecule is CC(=O)NCC#Cc1c(O)cc(C(=O)O)cc1O. The van der Waals surface area contributed by atoms with Crippen molar-refractivity contribution >= 4 is 11.9 Å². The van der Waals surface area contributed by atoms with E-state index in [-0.39, 0.29) is 23.6 Å². The molecular formula is C12H11NO5. The molecule has 0 bridgehead atoms. The van der Waals surface area contributed by atoms with Crippen molar-refractivity contribution in [2.75, 3.05) is 6.54 Å². The Hall–Kier alpha value is -2.68. The van der Waals surface area contributed by atoms with E-state index < -0.39 is 17.5 Å². The van der Waals surface area contributed by atoms with Gasteiger partial charge in [0.05, 0.1) is 12.1 Å². The summed E-state index contributed by atoms with van der Waals surface area (Å²) in [6.45, 7) is 1.40. The third kappa shape index (κ3) is 3.42. The highest BCUT2D eigenvalue weighted by atomic mass is 16.4. The number of rotatable bonds is 2. The van der Waals surface area contributed by atoms with Gasteiger partial charge in [0.15, 0.2) is 0 Å². The number of hydrogen-bond donors (Lipinski definition) is 4. The predicted octanol–water partition coefficient (Wildman–Crippen LogP) is 0.284. The Bertz CT molecular complexity index is 530. The number of carboxylic acid groups (broad SMARTS) is 1. The van der Waals surface area contributed by atoms with Crippen LogP contribution in [0.4, 0.5) is 0 Å². The van der Waals surface area contributed by atoms with Crippen molar-refractivity contribution < 1.29 is 24.9 Å². The maximum atomic E-state index is 10.6. The second-order valence-corrected chi connectivity index (χ2v) is 3.41. The molecule has 4 N–H and O–H groups in total. The lowest BCUT2D eigenvalue weighted by Crippen LogP contribution is -2.19. The summed E-state index contributed by atoms with van der Waals surface area (Å²) in [5.41, 5.74) is -0.317. The van der Waals surface area contributed by atoms with E-state index in [2.05, 4.69) is 17.2 Å². The number of phenols is 2. The Labute approximate surface area is 103 Å². The average Bonchev–Trinajstić information content (AvgIpc) is 2.26. The number of benzene rings is 1. The highest BCUT2D eigenvalue weighted by molar-refractivity contribution is 5.89. The fourth-order valence-corrected chi connectivity index (χ4v) is 1.16. The molecule has 0 aliphatic heterocycles. The molecule has 0 fully saturated rings. The molecule has 6 nitrogen and oxygen atoms in total. The number of phenolic OH excluding ortho intramolecular Hbond substituents is 2. The smallest absolute Gasteiger partial charge is 0.335 e. The maximum Gasteiger partial charge on any atom is 0.335 e. The van der Waals surface area contributed by atoms with Gasteiger partial charge in [0.1, 0.15) is 17.1 Å². The zero-order valence-corrected chi connectivity index (χ0v) is 9.52. The number of carbonyl (C=O) groups excluding carboxylic acids is 1. The topological polar surface area (TPSA) is 107 Å². The Balaban J connectivity index is 2.97. The molecule has 0 aliphatic rings. The Morgan fingerprint density at radius 2 is 1.83 bits per heavy atom. The van der Waals surface area contributed by atoms with Crippen molar-refractivity contribution in [3.05, 3.63) is 23.3 Å². The molecule has 0 spiro atoms. The van der Waals surface area contributed by atoms with Crippen molar-refractivity contribution in [2.45, 2.75) is 6.92 Å². The number of amides is 1. The van der Waals surface area contributed by atoms with Crippen LogP contribution in [-0.4, -0.2) is 33.7 Å². The summed E-state index contributed by atoms with van der Waals surface area (Å²) in [7, 11) is 0. The molecule has 94 valence electrons. The molecule has 0 heterocycles. The van der Waals surface area contributed by atoms with Gasteiger partial charge in [0.25, 0.3) is 0 Å². The number of carboxylic acids is 1. The van der Waals surface area contributed by atoms with Gasteiger partial charge in [-0.05, 0) is 12.1 Å². The van der Waals surface area contributed by atoms with Gasteiger partial charge >= 0.3 is 5.97 Å². The lowest BCUT2D eigenvalue weighted by molar-refractivity contribution is -0.118. The minimum Gasteiger partial charge on any atom is -0.506 e. The number of carbonyl (C=O) groups is 2. The molecule has 0 saturated carbocycles. The van der Waals surface area contributed by atoms with Crippen LogP contribution in [0, 0.1) is 11.8 Å². The molecule has 0 atom stereocenters. The van der Waals surface area contributed by atoms with Crippen molar-refractivity contribution in [3.63, 3.8) is 0 Å². The maximum absolute atomic E-state index is 10.6. The van der Waals surface area contributed by atoms with Crippen LogP contribution >= 0.6 is 0 Å². The van der Waals surface area contributed by atoms with Gasteiger partial charge in [-0.2, -0.15) is 0 Å². The predicted molar refractivity (Wildman–Crippen MR) is 62.3 cm³/mol. The summed E-state index contributed by atoms with van der Waals surface area (Å²) in [6, 6.07) is 1.98. The summed E-state index contributed by atoms with van der Waals surface area (Å²) in [4.78, 5) is 21.2. The van der Waals surface area contributed by atoms with E-state index in [1.54, 1.807) is 0 Å². The monoisotopic (exact) mass is 249 g/mol. The third-order valence-corrected chi connectivity index (χ3v) is 1.98. The zero-order chi connectivity index (χ0) is 13.7. The standard InChI is InChI=1S/C12H11NO5/c1-7(14)13-4-2-3-9-10(15)5-8(12(17)18)6-11(9)16/h5-6,15-16H,4H2,1H3,(H,13,14)(H,17,18). The molecule has 1 amide bonds. The molecule has 1 aromatic carbocycles. The van der Waals surface area contributed by atoms with Crippen LogP contribution in [0.15, 0.2) is 12.1 Å². The van der Waals surface area contributed by atoms with E-state index in [1.165, 1.54) is 6.92 Å². The number of aromatic carboxylic acids is 1. The van der Waals surface area contributed by atoms with E-state index in [4.69, 9.17) is 5.11 Å². The van der Waals surface area contributed by atoms with Crippen molar-refractivity contribution in [2.24, 2.45) is 0 Å². The molecule has 0 aliphatic carbocycles. The van der Waals surface area contributed by atoms with Crippen LogP contribution in [0.2, 0.25) is 0 Å². The first-order valence-electron chi connectivity index (χ1n) is 4.94. The van der Waals surface area contributed by atoms with E-state index >= 15 is 0 Å². The van der Waals surface area contributed by atoms with Gasteiger partial charge in [-0.1, -0.05) is 11.8 Å². The zero-order valence-electron chi connectivity index (χ0n) is 9.52. The molecule has 6 heteroatoms. The fraction of sp³-hybridized carbons (Fsp3) is 0.167. The van der Waals surface area contributed by atoms with Gasteiger partial charge in [-0.3, -0.25) is 4.79 Å². The van der Waals surface area contributed by atoms with Gasteiger partial charge < -0.3 is 20.6 Å². The average molecular weight is 249 g/mol. The number of hydrogen-bond acceptors (Lipinski definition) is 4. The molecule has 1 rings (SSSR count). The van der Waals surface area contributed by atoms with Gasteiger partial charge in [-0.25, -0.2) is 4.79 Å². The van der Waals surface area contributed by atoms with Gasteiger partial charge in [0.2, 0.25) is 5.91 Å². The molecule has 0 unspecified atom stereocenters. The Morgan fingerprint density at radius 3 is 2.28 bits per heavy atom. The summed E-state index contributed by atoms with van der Waals surface area (Å²) < 4.78 is 0. The minimum absolute atomic E-state index is 0.0644. The third-order valence-electron chi connectivity index (χ3n) is 1.98. The Morgan fingerprint density at radius 1 is 1.28 bits per heavy atom. The van der Waals surface area contributed by atoms with E-state index in [0.717, 1.165) is 12.1 Å². The molecular weight excluding hydrogens is 238 g/mol. The molecule has 18 heavy (non-hydrogen) atoms. The van der Waals surface area contributed by atoms with Crippen LogP contribution in [0.25, 0.3) is 0 Å². The molecule has 0 radical (unpaired) electrons. The first-order valence-corrected chi connectivity index (χ1v) is 4.94. The van der Waals surface area contributed by atoms with E-state index in [1.807, 2.05) is 0 Å². The van der Waals surface area contributed by atoms with Crippen molar-refractivity contribution in [3.8, 4) is 23.3 Å². The van der Waals surface area contributed by atoms with Gasteiger partial charge in [-0.15, -0.1) is 0 Å². The lowest BCUT2D eigenvalue weighted by atomic mass is 10.1. The Kier molecular flexibility index (Phi) is 4.16. The van der Waals surface area contributed by atoms with Crippen LogP contribution in [-0.2, 0) is 4.79 Å². The van der Waals surface area contributed by atoms with Gasteiger partial charge in [0, 0.05) is 6.92 Å². The number of aromatic hydroxyl groups is 2. The van der Waals surface area contributed by atoms with Crippen molar-refractivity contribution in [1.29, 1.82) is 0 Å². The fourth-order valence-electron chi connectivity index (χ4n) is 1.16. The highest BCUT2D eigenvalue weighted by Gasteiger charge is 2.11. The summed E-state index contributed by atoms with van der Waals surface area (Å²) in [5, 5.41) is 30.1. The quantitative estimate of drug-likeness (QED) is 0.563. The number of nitrogens with one attached hydrogen (secondary N) is 1. The van der Waals surface area contributed by atoms with Crippen LogP contribution < -0.4 is 5.32 Å². The minimum atomic E-state index is -1.27. The molecule has 0 saturated heterocycles. The highest BCUT2D eigenvalue weighted by Crippen LogP contribution is 2.27. The molecule has 0 aromatic heterocycles. The largest absolute Gasteiger partial charge is 0.506 e. The summed E-state index contributed by atoms with van der Waals surface area (Å²) in [6.07, 6.45) is 0. The first-order chi connectivity index (χ1) is 8.41. The normalized spacial score (nSPS) is 9.17. The molecule has 1 aromatic rings. The second kappa shape index (κ2) is 5.59. The van der Waals surface area contributed by atoms with Crippen LogP contribution in [0.5, 0.6) is 11.5 Å².